The molecule has 1 amide bonds. The Morgan fingerprint density at radius 2 is 1.69 bits per heavy atom. The number of benzene rings is 3. The number of ether oxygens (including phenoxy) is 2. The highest BCUT2D eigenvalue weighted by Crippen LogP contribution is 2.30. The number of hydrogen-bond donors (Lipinski definition) is 3. The highest BCUT2D eigenvalue weighted by molar-refractivity contribution is 6.05. The van der Waals surface area contributed by atoms with Crippen LogP contribution in [0.1, 0.15) is 35.3 Å². The molecule has 0 saturated carbocycles. The van der Waals surface area contributed by atoms with Crippen molar-refractivity contribution in [3.63, 3.8) is 0 Å². The molecule has 0 aromatic heterocycles. The minimum atomic E-state index is -0.582. The molecule has 0 fully saturated rings. The minimum Gasteiger partial charge on any atom is -0.493 e. The summed E-state index contributed by atoms with van der Waals surface area (Å²) in [6.07, 6.45) is 0. The standard InChI is InChI=1S/C25H23N3O6.C2H6/c1-33-23-12-10-20(15-24(23)34-2)26-16-18-5-8-19(9-6-18)25(30)27-21-14-17(4-3-13-29)7-11-22(21)28(31)32;1-2/h5-12,14-15,26,29H,13,16H2,1-2H3,(H,27,30);1-2H3. The van der Waals surface area contributed by atoms with Crippen molar-refractivity contribution < 1.29 is 24.3 Å². The van der Waals surface area contributed by atoms with Gasteiger partial charge >= 0.3 is 0 Å². The van der Waals surface area contributed by atoms with Crippen molar-refractivity contribution in [2.75, 3.05) is 31.5 Å². The monoisotopic (exact) mass is 491 g/mol. The molecule has 0 bridgehead atoms. The second-order valence-corrected chi connectivity index (χ2v) is 7.02. The van der Waals surface area contributed by atoms with Crippen LogP contribution in [-0.4, -0.2) is 36.8 Å². The zero-order chi connectivity index (χ0) is 26.5. The molecular formula is C27H29N3O6. The number of nitro benzene ring substituents is 1. The van der Waals surface area contributed by atoms with Crippen LogP contribution in [0.25, 0.3) is 0 Å². The number of amides is 1. The van der Waals surface area contributed by atoms with Crippen molar-refractivity contribution in [3.05, 3.63) is 87.5 Å². The summed E-state index contributed by atoms with van der Waals surface area (Å²) in [5, 5.41) is 26.0. The third kappa shape index (κ3) is 7.48. The highest BCUT2D eigenvalue weighted by atomic mass is 16.6. The molecule has 0 aliphatic heterocycles. The number of carbonyl (C=O) groups is 1. The Hall–Kier alpha value is -4.55. The van der Waals surface area contributed by atoms with Gasteiger partial charge in [-0.05, 0) is 42.0 Å². The van der Waals surface area contributed by atoms with Crippen molar-refractivity contribution >= 4 is 23.0 Å². The Bertz CT molecular complexity index is 1250. The topological polar surface area (TPSA) is 123 Å². The average Bonchev–Trinajstić information content (AvgIpc) is 2.91. The van der Waals surface area contributed by atoms with Crippen molar-refractivity contribution in [2.45, 2.75) is 20.4 Å². The predicted molar refractivity (Wildman–Crippen MR) is 140 cm³/mol. The van der Waals surface area contributed by atoms with E-state index < -0.39 is 10.8 Å². The number of rotatable bonds is 8. The summed E-state index contributed by atoms with van der Waals surface area (Å²) in [5.74, 6) is 5.89. The van der Waals surface area contributed by atoms with Gasteiger partial charge < -0.3 is 25.2 Å². The van der Waals surface area contributed by atoms with Crippen molar-refractivity contribution in [1.29, 1.82) is 0 Å². The van der Waals surface area contributed by atoms with Gasteiger partial charge in [0.25, 0.3) is 11.6 Å². The number of methoxy groups -OCH3 is 2. The van der Waals surface area contributed by atoms with Crippen LogP contribution in [0.4, 0.5) is 17.1 Å². The minimum absolute atomic E-state index is 0.0268. The van der Waals surface area contributed by atoms with Gasteiger partial charge in [-0.2, -0.15) is 0 Å². The lowest BCUT2D eigenvalue weighted by atomic mass is 10.1. The first-order chi connectivity index (χ1) is 17.4. The van der Waals surface area contributed by atoms with Gasteiger partial charge in [0.05, 0.1) is 19.1 Å². The number of nitrogens with zero attached hydrogens (tertiary/aromatic N) is 1. The first kappa shape index (κ1) is 27.7. The second-order valence-electron chi connectivity index (χ2n) is 7.02. The van der Waals surface area contributed by atoms with E-state index in [0.717, 1.165) is 11.3 Å². The van der Waals surface area contributed by atoms with Crippen LogP contribution in [0.5, 0.6) is 11.5 Å². The lowest BCUT2D eigenvalue weighted by molar-refractivity contribution is -0.383. The maximum atomic E-state index is 12.7. The Morgan fingerprint density at radius 3 is 2.31 bits per heavy atom. The summed E-state index contributed by atoms with van der Waals surface area (Å²) in [6, 6.07) is 16.5. The van der Waals surface area contributed by atoms with Crippen LogP contribution in [0.3, 0.4) is 0 Å². The number of aliphatic hydroxyl groups is 1. The molecule has 36 heavy (non-hydrogen) atoms. The summed E-state index contributed by atoms with van der Waals surface area (Å²) in [5.41, 5.74) is 2.33. The summed E-state index contributed by atoms with van der Waals surface area (Å²) >= 11 is 0. The van der Waals surface area contributed by atoms with Crippen LogP contribution in [0.2, 0.25) is 0 Å². The SMILES string of the molecule is CC.COc1ccc(NCc2ccc(C(=O)Nc3cc(C#CCO)ccc3[N+](=O)[O-])cc2)cc1OC. The first-order valence-corrected chi connectivity index (χ1v) is 11.2. The third-order valence-electron chi connectivity index (χ3n) is 4.85. The second kappa shape index (κ2) is 14.0. The van der Waals surface area contributed by atoms with Gasteiger partial charge in [0.1, 0.15) is 12.3 Å². The van der Waals surface area contributed by atoms with E-state index in [2.05, 4.69) is 22.5 Å². The smallest absolute Gasteiger partial charge is 0.292 e. The van der Waals surface area contributed by atoms with E-state index in [9.17, 15) is 14.9 Å². The molecular weight excluding hydrogens is 462 g/mol. The largest absolute Gasteiger partial charge is 0.493 e. The number of carbonyl (C=O) groups excluding carboxylic acids is 1. The van der Waals surface area contributed by atoms with Crippen LogP contribution < -0.4 is 20.1 Å². The van der Waals surface area contributed by atoms with Crippen LogP contribution in [-0.2, 0) is 6.54 Å². The van der Waals surface area contributed by atoms with E-state index in [1.54, 1.807) is 44.6 Å². The van der Waals surface area contributed by atoms with Gasteiger partial charge in [-0.1, -0.05) is 37.8 Å². The third-order valence-corrected chi connectivity index (χ3v) is 4.85. The summed E-state index contributed by atoms with van der Waals surface area (Å²) in [6.45, 7) is 4.17. The molecule has 9 heteroatoms. The van der Waals surface area contributed by atoms with Crippen LogP contribution >= 0.6 is 0 Å². The maximum absolute atomic E-state index is 12.7. The van der Waals surface area contributed by atoms with Gasteiger partial charge in [0, 0.05) is 35.5 Å². The average molecular weight is 492 g/mol. The summed E-state index contributed by atoms with van der Waals surface area (Å²) < 4.78 is 10.5. The quantitative estimate of drug-likeness (QED) is 0.234. The van der Waals surface area contributed by atoms with E-state index in [-0.39, 0.29) is 18.0 Å². The Labute approximate surface area is 210 Å². The zero-order valence-corrected chi connectivity index (χ0v) is 20.6. The Morgan fingerprint density at radius 1 is 1.00 bits per heavy atom. The van der Waals surface area contributed by atoms with E-state index in [1.807, 2.05) is 26.0 Å². The fraction of sp³-hybridized carbons (Fsp3) is 0.222. The molecule has 3 aromatic rings. The fourth-order valence-electron chi connectivity index (χ4n) is 3.13. The van der Waals surface area contributed by atoms with Crippen molar-refractivity contribution in [1.82, 2.24) is 0 Å². The molecule has 9 nitrogen and oxygen atoms in total. The van der Waals surface area contributed by atoms with E-state index in [4.69, 9.17) is 14.6 Å². The molecule has 0 radical (unpaired) electrons. The predicted octanol–water partition coefficient (Wildman–Crippen LogP) is 4.85. The molecule has 3 aromatic carbocycles. The number of nitrogens with one attached hydrogen (secondary N) is 2. The number of anilines is 2. The van der Waals surface area contributed by atoms with Gasteiger partial charge in [0.2, 0.25) is 0 Å². The maximum Gasteiger partial charge on any atom is 0.292 e. The number of nitro groups is 1. The normalized spacial score (nSPS) is 9.58. The van der Waals surface area contributed by atoms with Crippen LogP contribution in [0, 0.1) is 22.0 Å². The molecule has 3 rings (SSSR count). The van der Waals surface area contributed by atoms with E-state index in [0.29, 0.717) is 29.2 Å². The molecule has 188 valence electrons. The molecule has 0 atom stereocenters. The summed E-state index contributed by atoms with van der Waals surface area (Å²) in [7, 11) is 3.14. The molecule has 3 N–H and O–H groups in total. The number of hydrogen-bond acceptors (Lipinski definition) is 7. The van der Waals surface area contributed by atoms with Gasteiger partial charge in [-0.25, -0.2) is 0 Å². The fourth-order valence-corrected chi connectivity index (χ4v) is 3.13. The molecule has 0 spiro atoms. The Balaban J connectivity index is 0.00000222. The highest BCUT2D eigenvalue weighted by Gasteiger charge is 2.17. The Kier molecular flexibility index (Phi) is 10.8. The molecule has 0 unspecified atom stereocenters. The summed E-state index contributed by atoms with van der Waals surface area (Å²) in [4.78, 5) is 23.4. The van der Waals surface area contributed by atoms with Crippen LogP contribution in [0.15, 0.2) is 60.7 Å². The number of aliphatic hydroxyl groups excluding tert-OH is 1. The first-order valence-electron chi connectivity index (χ1n) is 11.2. The lowest BCUT2D eigenvalue weighted by Crippen LogP contribution is -2.13. The molecule has 0 heterocycles. The lowest BCUT2D eigenvalue weighted by Gasteiger charge is -2.12. The van der Waals surface area contributed by atoms with Crippen molar-refractivity contribution in [2.24, 2.45) is 0 Å². The zero-order valence-electron chi connectivity index (χ0n) is 20.6. The van der Waals surface area contributed by atoms with Gasteiger partial charge in [-0.15, -0.1) is 0 Å². The van der Waals surface area contributed by atoms with Crippen molar-refractivity contribution in [3.8, 4) is 23.3 Å². The van der Waals surface area contributed by atoms with Gasteiger partial charge in [-0.3, -0.25) is 14.9 Å². The molecule has 0 aliphatic rings. The van der Waals surface area contributed by atoms with E-state index >= 15 is 0 Å². The molecule has 0 aliphatic carbocycles. The molecule has 0 saturated heterocycles. The van der Waals surface area contributed by atoms with E-state index in [1.165, 1.54) is 18.2 Å². The van der Waals surface area contributed by atoms with Gasteiger partial charge in [0.15, 0.2) is 11.5 Å².